The van der Waals surface area contributed by atoms with E-state index in [4.69, 9.17) is 13.9 Å². The number of nitrogens with zero attached hydrogens (tertiary/aromatic N) is 1. The molecule has 0 saturated carbocycles. The molecule has 7 heteroatoms. The highest BCUT2D eigenvalue weighted by Crippen LogP contribution is 2.23. The maximum absolute atomic E-state index is 11.6. The number of aryl methyl sites for hydroxylation is 1. The van der Waals surface area contributed by atoms with Crippen molar-refractivity contribution in [2.24, 2.45) is 4.99 Å². The Bertz CT molecular complexity index is 589. The van der Waals surface area contributed by atoms with E-state index < -0.39 is 5.97 Å². The van der Waals surface area contributed by atoms with Gasteiger partial charge in [-0.25, -0.2) is 9.79 Å². The molecule has 0 aliphatic carbocycles. The lowest BCUT2D eigenvalue weighted by atomic mass is 10.0. The van der Waals surface area contributed by atoms with Gasteiger partial charge >= 0.3 is 5.97 Å². The number of rotatable bonds is 6. The van der Waals surface area contributed by atoms with E-state index in [0.29, 0.717) is 36.1 Å². The predicted octanol–water partition coefficient (Wildman–Crippen LogP) is 2.00. The lowest BCUT2D eigenvalue weighted by Crippen LogP contribution is -2.45. The second-order valence-electron chi connectivity index (χ2n) is 6.12. The minimum absolute atomic E-state index is 0.143. The van der Waals surface area contributed by atoms with Gasteiger partial charge in [-0.1, -0.05) is 0 Å². The molecular formula is C17H27N3O4. The fraction of sp³-hybridized carbons (Fsp3) is 0.647. The summed E-state index contributed by atoms with van der Waals surface area (Å²) in [7, 11) is 1.35. The minimum Gasteiger partial charge on any atom is -0.465 e. The number of aliphatic imine (C=N–C) groups is 1. The molecule has 134 valence electrons. The first kappa shape index (κ1) is 18.3. The van der Waals surface area contributed by atoms with Gasteiger partial charge in [0.25, 0.3) is 0 Å². The van der Waals surface area contributed by atoms with E-state index in [9.17, 15) is 4.79 Å². The fourth-order valence-corrected chi connectivity index (χ4v) is 2.68. The molecule has 0 amide bonds. The van der Waals surface area contributed by atoms with E-state index in [1.807, 2.05) is 6.92 Å². The molecular weight excluding hydrogens is 310 g/mol. The zero-order valence-corrected chi connectivity index (χ0v) is 14.9. The number of esters is 1. The normalized spacial score (nSPS) is 20.9. The maximum Gasteiger partial charge on any atom is 0.341 e. The number of guanidine groups is 1. The van der Waals surface area contributed by atoms with Crippen molar-refractivity contribution < 1.29 is 18.7 Å². The van der Waals surface area contributed by atoms with Crippen molar-refractivity contribution in [2.75, 3.05) is 26.8 Å². The van der Waals surface area contributed by atoms with Crippen LogP contribution in [0.1, 0.15) is 48.6 Å². The number of carbonyl (C=O) groups is 1. The van der Waals surface area contributed by atoms with Crippen molar-refractivity contribution in [3.05, 3.63) is 23.2 Å². The van der Waals surface area contributed by atoms with E-state index in [-0.39, 0.29) is 5.60 Å². The van der Waals surface area contributed by atoms with E-state index in [1.54, 1.807) is 13.0 Å². The molecule has 2 rings (SSSR count). The van der Waals surface area contributed by atoms with Crippen LogP contribution in [0.4, 0.5) is 0 Å². The molecule has 0 aromatic carbocycles. The standard InChI is InChI=1S/C17H27N3O4/c1-5-18-16(20-11-17(3)7-6-8-23-17)19-10-13-9-14(12(2)24-13)15(21)22-4/h9H,5-8,10-11H2,1-4H3,(H2,18,19,20). The number of nitrogens with one attached hydrogen (secondary N) is 2. The van der Waals surface area contributed by atoms with Crippen molar-refractivity contribution in [3.63, 3.8) is 0 Å². The average molecular weight is 337 g/mol. The lowest BCUT2D eigenvalue weighted by Gasteiger charge is -2.24. The number of hydrogen-bond acceptors (Lipinski definition) is 5. The molecule has 0 radical (unpaired) electrons. The van der Waals surface area contributed by atoms with Crippen LogP contribution in [0.2, 0.25) is 0 Å². The third-order valence-corrected chi connectivity index (χ3v) is 4.04. The summed E-state index contributed by atoms with van der Waals surface area (Å²) in [5.74, 6) is 1.45. The molecule has 7 nitrogen and oxygen atoms in total. The third-order valence-electron chi connectivity index (χ3n) is 4.04. The largest absolute Gasteiger partial charge is 0.465 e. The second kappa shape index (κ2) is 8.19. The van der Waals surface area contributed by atoms with Crippen molar-refractivity contribution in [1.82, 2.24) is 10.6 Å². The Hall–Kier alpha value is -2.02. The molecule has 2 N–H and O–H groups in total. The zero-order valence-electron chi connectivity index (χ0n) is 14.9. The minimum atomic E-state index is -0.400. The molecule has 1 aliphatic rings. The Morgan fingerprint density at radius 3 is 2.88 bits per heavy atom. The first-order valence-corrected chi connectivity index (χ1v) is 8.31. The van der Waals surface area contributed by atoms with Gasteiger partial charge in [0.1, 0.15) is 23.6 Å². The average Bonchev–Trinajstić information content (AvgIpc) is 3.16. The predicted molar refractivity (Wildman–Crippen MR) is 91.2 cm³/mol. The third kappa shape index (κ3) is 4.74. The van der Waals surface area contributed by atoms with Crippen LogP contribution >= 0.6 is 0 Å². The Morgan fingerprint density at radius 2 is 2.25 bits per heavy atom. The summed E-state index contributed by atoms with van der Waals surface area (Å²) in [6.45, 7) is 8.46. The van der Waals surface area contributed by atoms with Crippen LogP contribution in [-0.4, -0.2) is 44.3 Å². The number of ether oxygens (including phenoxy) is 2. The van der Waals surface area contributed by atoms with Gasteiger partial charge in [0.05, 0.1) is 12.7 Å². The summed E-state index contributed by atoms with van der Waals surface area (Å²) in [4.78, 5) is 16.1. The molecule has 0 bridgehead atoms. The van der Waals surface area contributed by atoms with Gasteiger partial charge in [0, 0.05) is 19.7 Å². The van der Waals surface area contributed by atoms with Crippen LogP contribution in [0.5, 0.6) is 0 Å². The lowest BCUT2D eigenvalue weighted by molar-refractivity contribution is 0.0242. The molecule has 24 heavy (non-hydrogen) atoms. The van der Waals surface area contributed by atoms with E-state index in [1.165, 1.54) is 7.11 Å². The number of carbonyl (C=O) groups excluding carboxylic acids is 1. The first-order chi connectivity index (χ1) is 11.5. The summed E-state index contributed by atoms with van der Waals surface area (Å²) in [5, 5.41) is 6.51. The summed E-state index contributed by atoms with van der Waals surface area (Å²) < 4.78 is 16.1. The molecule has 1 fully saturated rings. The first-order valence-electron chi connectivity index (χ1n) is 8.31. The van der Waals surface area contributed by atoms with E-state index in [2.05, 4.69) is 22.5 Å². The fourth-order valence-electron chi connectivity index (χ4n) is 2.68. The Morgan fingerprint density at radius 1 is 1.46 bits per heavy atom. The second-order valence-corrected chi connectivity index (χ2v) is 6.12. The van der Waals surface area contributed by atoms with Gasteiger partial charge in [-0.2, -0.15) is 0 Å². The summed E-state index contributed by atoms with van der Waals surface area (Å²) in [5.41, 5.74) is 0.294. The maximum atomic E-state index is 11.6. The van der Waals surface area contributed by atoms with Gasteiger partial charge in [-0.05, 0) is 39.7 Å². The van der Waals surface area contributed by atoms with Gasteiger partial charge in [-0.15, -0.1) is 0 Å². The van der Waals surface area contributed by atoms with Gasteiger partial charge in [0.15, 0.2) is 5.96 Å². The highest BCUT2D eigenvalue weighted by molar-refractivity contribution is 5.90. The molecule has 1 aromatic heterocycles. The molecule has 1 unspecified atom stereocenters. The molecule has 2 heterocycles. The van der Waals surface area contributed by atoms with Crippen LogP contribution in [0, 0.1) is 6.92 Å². The van der Waals surface area contributed by atoms with Crippen LogP contribution in [0.15, 0.2) is 15.5 Å². The Kier molecular flexibility index (Phi) is 6.25. The Balaban J connectivity index is 1.98. The monoisotopic (exact) mass is 337 g/mol. The summed E-state index contributed by atoms with van der Waals surface area (Å²) in [6.07, 6.45) is 2.13. The number of hydrogen-bond donors (Lipinski definition) is 2. The molecule has 1 saturated heterocycles. The highest BCUT2D eigenvalue weighted by Gasteiger charge is 2.29. The van der Waals surface area contributed by atoms with E-state index in [0.717, 1.165) is 26.0 Å². The molecule has 1 aliphatic heterocycles. The summed E-state index contributed by atoms with van der Waals surface area (Å²) >= 11 is 0. The smallest absolute Gasteiger partial charge is 0.341 e. The van der Waals surface area contributed by atoms with Crippen molar-refractivity contribution >= 4 is 11.9 Å². The van der Waals surface area contributed by atoms with Gasteiger partial charge in [-0.3, -0.25) is 0 Å². The number of furan rings is 1. The molecule has 1 atom stereocenters. The van der Waals surface area contributed by atoms with Crippen LogP contribution < -0.4 is 10.6 Å². The van der Waals surface area contributed by atoms with Crippen LogP contribution in [0.3, 0.4) is 0 Å². The van der Waals surface area contributed by atoms with Crippen molar-refractivity contribution in [3.8, 4) is 0 Å². The number of methoxy groups -OCH3 is 1. The van der Waals surface area contributed by atoms with Gasteiger partial charge in [0.2, 0.25) is 0 Å². The zero-order chi connectivity index (χ0) is 17.6. The van der Waals surface area contributed by atoms with Crippen molar-refractivity contribution in [1.29, 1.82) is 0 Å². The Labute approximate surface area is 142 Å². The molecule has 0 spiro atoms. The van der Waals surface area contributed by atoms with Crippen LogP contribution in [0.25, 0.3) is 0 Å². The highest BCUT2D eigenvalue weighted by atomic mass is 16.5. The van der Waals surface area contributed by atoms with E-state index >= 15 is 0 Å². The quantitative estimate of drug-likeness (QED) is 0.469. The topological polar surface area (TPSA) is 85.1 Å². The summed E-state index contributed by atoms with van der Waals surface area (Å²) in [6, 6.07) is 1.68. The molecule has 1 aromatic rings. The van der Waals surface area contributed by atoms with Crippen LogP contribution in [-0.2, 0) is 16.0 Å². The van der Waals surface area contributed by atoms with Gasteiger partial charge < -0.3 is 24.5 Å². The SMILES string of the molecule is CCNC(=NCc1cc(C(=O)OC)c(C)o1)NCC1(C)CCCO1. The van der Waals surface area contributed by atoms with Crippen molar-refractivity contribution in [2.45, 2.75) is 45.8 Å².